The molecule has 0 aliphatic rings. The Morgan fingerprint density at radius 3 is 2.88 bits per heavy atom. The van der Waals surface area contributed by atoms with Crippen molar-refractivity contribution in [3.05, 3.63) is 18.3 Å². The summed E-state index contributed by atoms with van der Waals surface area (Å²) >= 11 is 1.76. The van der Waals surface area contributed by atoms with Gasteiger partial charge in [-0.25, -0.2) is 18.1 Å². The van der Waals surface area contributed by atoms with E-state index in [1.54, 1.807) is 11.8 Å². The lowest BCUT2D eigenvalue weighted by Crippen LogP contribution is -2.25. The third-order valence-electron chi connectivity index (χ3n) is 2.13. The predicted molar refractivity (Wildman–Crippen MR) is 71.5 cm³/mol. The number of hydrogen-bond donors (Lipinski definition) is 2. The highest BCUT2D eigenvalue weighted by atomic mass is 32.2. The predicted octanol–water partition coefficient (Wildman–Crippen LogP) is 1.09. The first kappa shape index (κ1) is 14.3. The van der Waals surface area contributed by atoms with Gasteiger partial charge in [-0.15, -0.1) is 0 Å². The van der Waals surface area contributed by atoms with Crippen molar-refractivity contribution in [2.75, 3.05) is 24.3 Å². The summed E-state index contributed by atoms with van der Waals surface area (Å²) in [6, 6.07) is 2.78. The first-order chi connectivity index (χ1) is 8.06. The Bertz CT molecular complexity index is 449. The fraction of sp³-hybridized carbons (Fsp3) is 0.500. The molecule has 5 nitrogen and oxygen atoms in total. The van der Waals surface area contributed by atoms with Crippen molar-refractivity contribution < 1.29 is 8.42 Å². The molecule has 0 unspecified atom stereocenters. The molecule has 1 aromatic rings. The van der Waals surface area contributed by atoms with E-state index >= 15 is 0 Å². The molecule has 17 heavy (non-hydrogen) atoms. The molecule has 0 saturated carbocycles. The monoisotopic (exact) mass is 275 g/mol. The molecule has 1 aromatic heterocycles. The van der Waals surface area contributed by atoms with Gasteiger partial charge in [0, 0.05) is 18.8 Å². The molecule has 0 fully saturated rings. The van der Waals surface area contributed by atoms with Crippen LogP contribution < -0.4 is 10.5 Å². The summed E-state index contributed by atoms with van der Waals surface area (Å²) in [4.78, 5) is 3.92. The fourth-order valence-electron chi connectivity index (χ4n) is 1.26. The molecule has 0 aliphatic carbocycles. The maximum Gasteiger partial charge on any atom is 0.240 e. The topological polar surface area (TPSA) is 85.1 Å². The fourth-order valence-corrected chi connectivity index (χ4v) is 2.84. The minimum absolute atomic E-state index is 0.162. The van der Waals surface area contributed by atoms with Crippen LogP contribution in [0.2, 0.25) is 0 Å². The quantitative estimate of drug-likeness (QED) is 0.727. The Morgan fingerprint density at radius 2 is 2.24 bits per heavy atom. The summed E-state index contributed by atoms with van der Waals surface area (Å²) in [6.45, 7) is 0.450. The Morgan fingerprint density at radius 1 is 1.47 bits per heavy atom. The lowest BCUT2D eigenvalue weighted by molar-refractivity contribution is 0.578. The van der Waals surface area contributed by atoms with E-state index in [1.807, 2.05) is 6.26 Å². The highest BCUT2D eigenvalue weighted by Gasteiger charge is 2.13. The number of anilines is 1. The van der Waals surface area contributed by atoms with Gasteiger partial charge in [-0.2, -0.15) is 11.8 Å². The zero-order valence-electron chi connectivity index (χ0n) is 9.72. The molecule has 3 N–H and O–H groups in total. The maximum absolute atomic E-state index is 11.8. The number of thioether (sulfide) groups is 1. The Kier molecular flexibility index (Phi) is 5.73. The van der Waals surface area contributed by atoms with Gasteiger partial charge >= 0.3 is 0 Å². The van der Waals surface area contributed by atoms with E-state index in [-0.39, 0.29) is 10.7 Å². The molecule has 0 aromatic carbocycles. The molecular weight excluding hydrogens is 258 g/mol. The van der Waals surface area contributed by atoms with Crippen LogP contribution >= 0.6 is 11.8 Å². The molecule has 1 rings (SSSR count). The van der Waals surface area contributed by atoms with E-state index in [4.69, 9.17) is 5.73 Å². The summed E-state index contributed by atoms with van der Waals surface area (Å²) in [7, 11) is -3.45. The second-order valence-corrected chi connectivity index (χ2v) is 6.27. The second kappa shape index (κ2) is 6.83. The zero-order chi connectivity index (χ0) is 12.7. The summed E-state index contributed by atoms with van der Waals surface area (Å²) in [5.74, 6) is 1.25. The van der Waals surface area contributed by atoms with Crippen molar-refractivity contribution in [3.8, 4) is 0 Å². The van der Waals surface area contributed by atoms with Crippen LogP contribution in [0, 0.1) is 0 Å². The largest absolute Gasteiger partial charge is 0.384 e. The van der Waals surface area contributed by atoms with Gasteiger partial charge in [0.15, 0.2) is 0 Å². The maximum atomic E-state index is 11.8. The van der Waals surface area contributed by atoms with Crippen molar-refractivity contribution in [2.24, 2.45) is 0 Å². The Balaban J connectivity index is 2.51. The minimum Gasteiger partial charge on any atom is -0.384 e. The highest BCUT2D eigenvalue weighted by Crippen LogP contribution is 2.10. The molecule has 0 amide bonds. The number of nitrogens with two attached hydrogens (primary N) is 1. The van der Waals surface area contributed by atoms with Crippen LogP contribution in [-0.4, -0.2) is 32.0 Å². The number of nitrogen functional groups attached to an aromatic ring is 1. The van der Waals surface area contributed by atoms with Crippen LogP contribution in [0.3, 0.4) is 0 Å². The zero-order valence-corrected chi connectivity index (χ0v) is 11.4. The van der Waals surface area contributed by atoms with Crippen molar-refractivity contribution in [2.45, 2.75) is 17.7 Å². The van der Waals surface area contributed by atoms with E-state index < -0.39 is 10.0 Å². The summed E-state index contributed by atoms with van der Waals surface area (Å²) in [5.41, 5.74) is 5.44. The minimum atomic E-state index is -3.45. The average molecular weight is 275 g/mol. The van der Waals surface area contributed by atoms with Gasteiger partial charge in [-0.1, -0.05) is 0 Å². The van der Waals surface area contributed by atoms with Crippen molar-refractivity contribution >= 4 is 27.6 Å². The number of hydrogen-bond acceptors (Lipinski definition) is 5. The summed E-state index contributed by atoms with van der Waals surface area (Å²) in [6.07, 6.45) is 5.25. The Hall–Kier alpha value is -0.790. The second-order valence-electron chi connectivity index (χ2n) is 3.51. The standard InChI is InChI=1S/C10H17N3O2S2/c1-16-7-3-2-5-13-17(14,15)9-4-6-12-10(11)8-9/h4,6,8,13H,2-3,5,7H2,1H3,(H2,11,12). The van der Waals surface area contributed by atoms with Crippen LogP contribution in [0.4, 0.5) is 5.82 Å². The van der Waals surface area contributed by atoms with E-state index in [2.05, 4.69) is 9.71 Å². The summed E-state index contributed by atoms with van der Waals surface area (Å²) < 4.78 is 26.2. The lowest BCUT2D eigenvalue weighted by Gasteiger charge is -2.06. The average Bonchev–Trinajstić information content (AvgIpc) is 2.29. The molecule has 0 saturated heterocycles. The van der Waals surface area contributed by atoms with Crippen LogP contribution in [0.1, 0.15) is 12.8 Å². The molecule has 1 heterocycles. The number of nitrogens with one attached hydrogen (secondary N) is 1. The van der Waals surface area contributed by atoms with Gasteiger partial charge in [-0.3, -0.25) is 0 Å². The van der Waals surface area contributed by atoms with Gasteiger partial charge < -0.3 is 5.73 Å². The molecule has 0 aliphatic heterocycles. The SMILES string of the molecule is CSCCCCNS(=O)(=O)c1ccnc(N)c1. The summed E-state index contributed by atoms with van der Waals surface area (Å²) in [5, 5.41) is 0. The molecular formula is C10H17N3O2S2. The van der Waals surface area contributed by atoms with Gasteiger partial charge in [-0.05, 0) is 30.9 Å². The lowest BCUT2D eigenvalue weighted by atomic mass is 10.3. The van der Waals surface area contributed by atoms with Crippen molar-refractivity contribution in [1.29, 1.82) is 0 Å². The highest BCUT2D eigenvalue weighted by molar-refractivity contribution is 7.98. The smallest absolute Gasteiger partial charge is 0.240 e. The molecule has 0 bridgehead atoms. The van der Waals surface area contributed by atoms with Crippen LogP contribution in [0.15, 0.2) is 23.2 Å². The van der Waals surface area contributed by atoms with Crippen LogP contribution in [0.5, 0.6) is 0 Å². The molecule has 7 heteroatoms. The number of unbranched alkanes of at least 4 members (excludes halogenated alkanes) is 1. The van der Waals surface area contributed by atoms with Gasteiger partial charge in [0.25, 0.3) is 0 Å². The van der Waals surface area contributed by atoms with E-state index in [1.165, 1.54) is 18.3 Å². The molecule has 0 spiro atoms. The van der Waals surface area contributed by atoms with E-state index in [9.17, 15) is 8.42 Å². The number of aromatic nitrogens is 1. The van der Waals surface area contributed by atoms with E-state index in [0.717, 1.165) is 18.6 Å². The van der Waals surface area contributed by atoms with E-state index in [0.29, 0.717) is 6.54 Å². The van der Waals surface area contributed by atoms with Crippen LogP contribution in [0.25, 0.3) is 0 Å². The molecule has 0 radical (unpaired) electrons. The number of pyridine rings is 1. The van der Waals surface area contributed by atoms with Crippen molar-refractivity contribution in [1.82, 2.24) is 9.71 Å². The van der Waals surface area contributed by atoms with Gasteiger partial charge in [0.05, 0.1) is 4.90 Å². The van der Waals surface area contributed by atoms with Crippen molar-refractivity contribution in [3.63, 3.8) is 0 Å². The number of rotatable bonds is 7. The van der Waals surface area contributed by atoms with Gasteiger partial charge in [0.2, 0.25) is 10.0 Å². The first-order valence-corrected chi connectivity index (χ1v) is 8.14. The molecule has 0 atom stereocenters. The molecule has 96 valence electrons. The number of sulfonamides is 1. The normalized spacial score (nSPS) is 11.6. The third kappa shape index (κ3) is 4.93. The Labute approximate surface area is 106 Å². The first-order valence-electron chi connectivity index (χ1n) is 5.26. The number of nitrogens with zero attached hydrogens (tertiary/aromatic N) is 1. The third-order valence-corrected chi connectivity index (χ3v) is 4.29. The van der Waals surface area contributed by atoms with Crippen LogP contribution in [-0.2, 0) is 10.0 Å². The van der Waals surface area contributed by atoms with Gasteiger partial charge in [0.1, 0.15) is 5.82 Å².